The number of para-hydroxylation sites is 1. The summed E-state index contributed by atoms with van der Waals surface area (Å²) < 4.78 is 0. The average Bonchev–Trinajstić information content (AvgIpc) is 3.71. The molecular weight excluding hydrogens is 795 g/mol. The molecule has 0 saturated carbocycles. The maximum atomic E-state index is 2.50. The largest absolute Gasteiger partial charge is 0.309 e. The van der Waals surface area contributed by atoms with Gasteiger partial charge in [-0.25, -0.2) is 0 Å². The second-order valence-corrected chi connectivity index (χ2v) is 17.2. The van der Waals surface area contributed by atoms with Crippen LogP contribution in [0.25, 0.3) is 66.4 Å². The molecule has 0 bridgehead atoms. The molecule has 0 aliphatic heterocycles. The molecule has 66 heavy (non-hydrogen) atoms. The summed E-state index contributed by atoms with van der Waals surface area (Å²) in [6.07, 6.45) is 0. The standard InChI is InChI=1S/C65H45N/c1-4-20-46(21-5-1)49-24-17-27-52(45-49)58-33-13-15-38-62(58)66(55-42-40-47(41-43-55)50-25-16-26-51(44-50)57-35-18-23-48-22-10-11-32-56(48)57)63-39-19-37-61-64(63)59-34-12-14-36-60(59)65(61,53-28-6-2-7-29-53)54-30-8-3-9-31-54/h1-45H. The molecule has 0 aromatic heterocycles. The summed E-state index contributed by atoms with van der Waals surface area (Å²) in [6.45, 7) is 0. The van der Waals surface area contributed by atoms with Gasteiger partial charge >= 0.3 is 0 Å². The second kappa shape index (κ2) is 16.6. The van der Waals surface area contributed by atoms with Crippen molar-refractivity contribution >= 4 is 27.8 Å². The lowest BCUT2D eigenvalue weighted by atomic mass is 9.68. The minimum atomic E-state index is -0.529. The predicted octanol–water partition coefficient (Wildman–Crippen LogP) is 17.3. The van der Waals surface area contributed by atoms with Gasteiger partial charge in [0.25, 0.3) is 0 Å². The highest BCUT2D eigenvalue weighted by atomic mass is 15.1. The first-order valence-electron chi connectivity index (χ1n) is 22.8. The van der Waals surface area contributed by atoms with E-state index in [1.165, 1.54) is 77.5 Å². The summed E-state index contributed by atoms with van der Waals surface area (Å²) in [4.78, 5) is 2.50. The van der Waals surface area contributed by atoms with E-state index in [4.69, 9.17) is 0 Å². The van der Waals surface area contributed by atoms with Crippen molar-refractivity contribution in [3.05, 3.63) is 295 Å². The van der Waals surface area contributed by atoms with E-state index in [0.717, 1.165) is 28.2 Å². The van der Waals surface area contributed by atoms with Crippen LogP contribution in [0.2, 0.25) is 0 Å². The van der Waals surface area contributed by atoms with Crippen LogP contribution in [0.4, 0.5) is 17.1 Å². The monoisotopic (exact) mass is 839 g/mol. The Kier molecular flexibility index (Phi) is 9.81. The van der Waals surface area contributed by atoms with Gasteiger partial charge in [-0.2, -0.15) is 0 Å². The molecule has 0 saturated heterocycles. The molecule has 11 aromatic rings. The van der Waals surface area contributed by atoms with Gasteiger partial charge in [0, 0.05) is 16.8 Å². The molecule has 12 rings (SSSR count). The molecule has 1 aliphatic rings. The van der Waals surface area contributed by atoms with E-state index in [9.17, 15) is 0 Å². The minimum Gasteiger partial charge on any atom is -0.309 e. The maximum absolute atomic E-state index is 2.50. The number of hydrogen-bond donors (Lipinski definition) is 0. The van der Waals surface area contributed by atoms with E-state index in [2.05, 4.69) is 278 Å². The summed E-state index contributed by atoms with van der Waals surface area (Å²) in [5.41, 5.74) is 19.8. The van der Waals surface area contributed by atoms with Crippen molar-refractivity contribution in [3.8, 4) is 55.6 Å². The molecular formula is C65H45N. The lowest BCUT2D eigenvalue weighted by molar-refractivity contribution is 0.768. The fraction of sp³-hybridized carbons (Fsp3) is 0.0154. The lowest BCUT2D eigenvalue weighted by Crippen LogP contribution is -2.28. The van der Waals surface area contributed by atoms with E-state index in [1.54, 1.807) is 0 Å². The lowest BCUT2D eigenvalue weighted by Gasteiger charge is -2.34. The number of fused-ring (bicyclic) bond motifs is 4. The van der Waals surface area contributed by atoms with Gasteiger partial charge in [-0.1, -0.05) is 237 Å². The van der Waals surface area contributed by atoms with Gasteiger partial charge in [0.05, 0.1) is 16.8 Å². The highest BCUT2D eigenvalue weighted by Crippen LogP contribution is 2.60. The Morgan fingerprint density at radius 2 is 0.727 bits per heavy atom. The molecule has 0 amide bonds. The highest BCUT2D eigenvalue weighted by Gasteiger charge is 2.47. The van der Waals surface area contributed by atoms with Gasteiger partial charge in [-0.05, 0) is 114 Å². The Morgan fingerprint density at radius 3 is 1.44 bits per heavy atom. The zero-order valence-electron chi connectivity index (χ0n) is 36.4. The Labute approximate surface area is 387 Å². The number of hydrogen-bond acceptors (Lipinski definition) is 1. The zero-order chi connectivity index (χ0) is 43.9. The van der Waals surface area contributed by atoms with Crippen LogP contribution in [0, 0.1) is 0 Å². The fourth-order valence-corrected chi connectivity index (χ4v) is 10.6. The molecule has 0 spiro atoms. The molecule has 0 fully saturated rings. The quantitative estimate of drug-likeness (QED) is 0.140. The van der Waals surface area contributed by atoms with Crippen molar-refractivity contribution in [1.82, 2.24) is 0 Å². The van der Waals surface area contributed by atoms with E-state index < -0.39 is 5.41 Å². The first-order valence-corrected chi connectivity index (χ1v) is 22.8. The SMILES string of the molecule is c1ccc(-c2cccc(-c3ccccc3N(c3ccc(-c4cccc(-c5cccc6ccccc56)c4)cc3)c3cccc4c3-c3ccccc3C4(c3ccccc3)c3ccccc3)c2)cc1. The third-order valence-corrected chi connectivity index (χ3v) is 13.5. The molecule has 1 nitrogen and oxygen atoms in total. The van der Waals surface area contributed by atoms with Gasteiger partial charge in [-0.3, -0.25) is 0 Å². The number of nitrogens with zero attached hydrogens (tertiary/aromatic N) is 1. The van der Waals surface area contributed by atoms with Gasteiger partial charge < -0.3 is 4.90 Å². The number of rotatable bonds is 9. The summed E-state index contributed by atoms with van der Waals surface area (Å²) in [5, 5.41) is 2.51. The molecule has 0 unspecified atom stereocenters. The van der Waals surface area contributed by atoms with E-state index in [0.29, 0.717) is 0 Å². The average molecular weight is 840 g/mol. The van der Waals surface area contributed by atoms with Crippen LogP contribution in [0.15, 0.2) is 273 Å². The minimum absolute atomic E-state index is 0.529. The van der Waals surface area contributed by atoms with E-state index in [-0.39, 0.29) is 0 Å². The molecule has 0 radical (unpaired) electrons. The van der Waals surface area contributed by atoms with Crippen LogP contribution in [0.3, 0.4) is 0 Å². The Bertz CT molecular complexity index is 3470. The summed E-state index contributed by atoms with van der Waals surface area (Å²) in [7, 11) is 0. The third kappa shape index (κ3) is 6.56. The number of anilines is 3. The van der Waals surface area contributed by atoms with Crippen LogP contribution in [0.1, 0.15) is 22.3 Å². The van der Waals surface area contributed by atoms with Crippen molar-refractivity contribution in [2.75, 3.05) is 4.90 Å². The molecule has 0 N–H and O–H groups in total. The second-order valence-electron chi connectivity index (χ2n) is 17.2. The van der Waals surface area contributed by atoms with E-state index >= 15 is 0 Å². The van der Waals surface area contributed by atoms with Crippen LogP contribution in [-0.4, -0.2) is 0 Å². The molecule has 1 aliphatic carbocycles. The molecule has 0 heterocycles. The maximum Gasteiger partial charge on any atom is 0.0714 e. The van der Waals surface area contributed by atoms with Crippen molar-refractivity contribution in [2.24, 2.45) is 0 Å². The van der Waals surface area contributed by atoms with Crippen molar-refractivity contribution < 1.29 is 0 Å². The first kappa shape index (κ1) is 39.1. The Morgan fingerprint density at radius 1 is 0.273 bits per heavy atom. The van der Waals surface area contributed by atoms with Gasteiger partial charge in [0.15, 0.2) is 0 Å². The number of benzene rings is 11. The van der Waals surface area contributed by atoms with Crippen molar-refractivity contribution in [2.45, 2.75) is 5.41 Å². The van der Waals surface area contributed by atoms with Crippen LogP contribution < -0.4 is 4.90 Å². The Balaban J connectivity index is 1.07. The molecule has 310 valence electrons. The summed E-state index contributed by atoms with van der Waals surface area (Å²) in [5.74, 6) is 0. The first-order chi connectivity index (χ1) is 32.8. The zero-order valence-corrected chi connectivity index (χ0v) is 36.4. The van der Waals surface area contributed by atoms with Crippen LogP contribution in [-0.2, 0) is 5.41 Å². The fourth-order valence-electron chi connectivity index (χ4n) is 10.6. The summed E-state index contributed by atoms with van der Waals surface area (Å²) >= 11 is 0. The third-order valence-electron chi connectivity index (χ3n) is 13.5. The Hall–Kier alpha value is -8.52. The molecule has 11 aromatic carbocycles. The highest BCUT2D eigenvalue weighted by molar-refractivity contribution is 6.00. The normalized spacial score (nSPS) is 12.4. The molecule has 0 atom stereocenters. The molecule has 1 heteroatoms. The van der Waals surface area contributed by atoms with Crippen molar-refractivity contribution in [1.29, 1.82) is 0 Å². The van der Waals surface area contributed by atoms with E-state index in [1.807, 2.05) is 0 Å². The predicted molar refractivity (Wildman–Crippen MR) is 278 cm³/mol. The van der Waals surface area contributed by atoms with Crippen LogP contribution in [0.5, 0.6) is 0 Å². The van der Waals surface area contributed by atoms with Gasteiger partial charge in [0.1, 0.15) is 0 Å². The topological polar surface area (TPSA) is 3.24 Å². The van der Waals surface area contributed by atoms with Crippen LogP contribution >= 0.6 is 0 Å². The van der Waals surface area contributed by atoms with Gasteiger partial charge in [-0.15, -0.1) is 0 Å². The summed E-state index contributed by atoms with van der Waals surface area (Å²) in [6, 6.07) is 100. The van der Waals surface area contributed by atoms with Gasteiger partial charge in [0.2, 0.25) is 0 Å². The smallest absolute Gasteiger partial charge is 0.0714 e. The van der Waals surface area contributed by atoms with Crippen molar-refractivity contribution in [3.63, 3.8) is 0 Å².